The third-order valence-electron chi connectivity index (χ3n) is 3.82. The number of carbonyl (C=O) groups is 1. The fraction of sp³-hybridized carbons (Fsp3) is 0.111. The molecule has 3 aromatic heterocycles. The molecule has 0 spiro atoms. The first-order valence-electron chi connectivity index (χ1n) is 8.25. The smallest absolute Gasteiger partial charge is 0.271 e. The van der Waals surface area contributed by atoms with Crippen molar-refractivity contribution in [2.24, 2.45) is 0 Å². The van der Waals surface area contributed by atoms with Crippen LogP contribution < -0.4 is 10.9 Å². The van der Waals surface area contributed by atoms with Crippen LogP contribution in [0.4, 0.5) is 0 Å². The number of nitrogens with one attached hydrogen (secondary N) is 2. The molecular formula is C18H14N4O3S3. The summed E-state index contributed by atoms with van der Waals surface area (Å²) in [4.78, 5) is 31.7. The minimum atomic E-state index is -0.269. The standard InChI is InChI=1S/C18H14N4O3S3/c23-13(19-9-12-7-4-8-25-12)10-27-17-20-15-14(16(24)21-17)28-18(26)22(15)11-5-2-1-3-6-11/h1-8H,9-10H2,(H,19,23)(H,20,21,24). The third-order valence-corrected chi connectivity index (χ3v) is 6.05. The van der Waals surface area contributed by atoms with Gasteiger partial charge in [0.1, 0.15) is 10.5 Å². The second kappa shape index (κ2) is 8.13. The van der Waals surface area contributed by atoms with Crippen molar-refractivity contribution in [1.29, 1.82) is 0 Å². The van der Waals surface area contributed by atoms with Gasteiger partial charge < -0.3 is 14.7 Å². The quantitative estimate of drug-likeness (QED) is 0.276. The van der Waals surface area contributed by atoms with Crippen molar-refractivity contribution >= 4 is 51.6 Å². The Morgan fingerprint density at radius 3 is 2.86 bits per heavy atom. The summed E-state index contributed by atoms with van der Waals surface area (Å²) >= 11 is 7.79. The van der Waals surface area contributed by atoms with Gasteiger partial charge in [-0.15, -0.1) is 0 Å². The highest BCUT2D eigenvalue weighted by atomic mass is 32.2. The molecule has 3 heterocycles. The summed E-state index contributed by atoms with van der Waals surface area (Å²) in [6, 6.07) is 13.0. The van der Waals surface area contributed by atoms with Crippen molar-refractivity contribution in [3.05, 3.63) is 68.8 Å². The van der Waals surface area contributed by atoms with E-state index in [0.717, 1.165) is 17.4 Å². The second-order valence-electron chi connectivity index (χ2n) is 5.71. The molecule has 10 heteroatoms. The highest BCUT2D eigenvalue weighted by Gasteiger charge is 2.14. The lowest BCUT2D eigenvalue weighted by Gasteiger charge is -2.06. The van der Waals surface area contributed by atoms with Gasteiger partial charge in [0.25, 0.3) is 5.56 Å². The average molecular weight is 431 g/mol. The van der Waals surface area contributed by atoms with E-state index in [1.165, 1.54) is 11.3 Å². The molecule has 1 aromatic carbocycles. The number of benzene rings is 1. The number of hydrogen-bond donors (Lipinski definition) is 2. The molecule has 0 saturated heterocycles. The lowest BCUT2D eigenvalue weighted by molar-refractivity contribution is -0.118. The lowest BCUT2D eigenvalue weighted by atomic mass is 10.3. The first-order chi connectivity index (χ1) is 13.6. The Morgan fingerprint density at radius 1 is 1.29 bits per heavy atom. The number of H-pyrrole nitrogens is 1. The van der Waals surface area contributed by atoms with E-state index in [4.69, 9.17) is 16.6 Å². The van der Waals surface area contributed by atoms with E-state index in [9.17, 15) is 9.59 Å². The van der Waals surface area contributed by atoms with E-state index >= 15 is 0 Å². The Hall–Kier alpha value is -2.69. The zero-order valence-electron chi connectivity index (χ0n) is 14.4. The fourth-order valence-electron chi connectivity index (χ4n) is 2.55. The Balaban J connectivity index is 1.56. The molecule has 0 aliphatic rings. The highest BCUT2D eigenvalue weighted by molar-refractivity contribution is 7.99. The summed E-state index contributed by atoms with van der Waals surface area (Å²) in [5.74, 6) is 0.603. The van der Waals surface area contributed by atoms with E-state index in [1.807, 2.05) is 30.3 Å². The van der Waals surface area contributed by atoms with E-state index < -0.39 is 0 Å². The van der Waals surface area contributed by atoms with Crippen LogP contribution >= 0.6 is 35.3 Å². The summed E-state index contributed by atoms with van der Waals surface area (Å²) < 4.78 is 7.94. The van der Waals surface area contributed by atoms with Gasteiger partial charge in [0.2, 0.25) is 5.91 Å². The number of amides is 1. The summed E-state index contributed by atoms with van der Waals surface area (Å²) in [7, 11) is 0. The number of aromatic nitrogens is 3. The van der Waals surface area contributed by atoms with Crippen LogP contribution in [0.1, 0.15) is 5.76 Å². The van der Waals surface area contributed by atoms with Crippen LogP contribution in [0.25, 0.3) is 16.0 Å². The topological polar surface area (TPSA) is 92.9 Å². The van der Waals surface area contributed by atoms with E-state index in [0.29, 0.717) is 31.8 Å². The summed E-state index contributed by atoms with van der Waals surface area (Å²) in [6.45, 7) is 0.313. The SMILES string of the molecule is O=C(CSc1nc2c(sc(=S)n2-c2ccccc2)c(=O)[nH]1)NCc1ccco1. The number of hydrogen-bond acceptors (Lipinski definition) is 7. The van der Waals surface area contributed by atoms with Crippen LogP contribution in [0.5, 0.6) is 0 Å². The zero-order chi connectivity index (χ0) is 19.5. The first-order valence-corrected chi connectivity index (χ1v) is 10.5. The highest BCUT2D eigenvalue weighted by Crippen LogP contribution is 2.24. The number of thiazole rings is 1. The third kappa shape index (κ3) is 3.93. The predicted molar refractivity (Wildman–Crippen MR) is 112 cm³/mol. The van der Waals surface area contributed by atoms with Gasteiger partial charge in [-0.25, -0.2) is 4.98 Å². The molecular weight excluding hydrogens is 416 g/mol. The van der Waals surface area contributed by atoms with Crippen molar-refractivity contribution in [3.63, 3.8) is 0 Å². The molecule has 0 aliphatic carbocycles. The molecule has 2 N–H and O–H groups in total. The largest absolute Gasteiger partial charge is 0.467 e. The number of furan rings is 1. The minimum absolute atomic E-state index is 0.116. The van der Waals surface area contributed by atoms with Gasteiger partial charge in [-0.1, -0.05) is 41.3 Å². The molecule has 0 fully saturated rings. The zero-order valence-corrected chi connectivity index (χ0v) is 16.8. The molecule has 0 atom stereocenters. The van der Waals surface area contributed by atoms with Gasteiger partial charge in [-0.3, -0.25) is 14.2 Å². The Labute approximate surface area is 172 Å². The Morgan fingerprint density at radius 2 is 2.11 bits per heavy atom. The number of para-hydroxylation sites is 1. The number of rotatable bonds is 6. The number of carbonyl (C=O) groups excluding carboxylic acids is 1. The normalized spacial score (nSPS) is 11.0. The van der Waals surface area contributed by atoms with Gasteiger partial charge in [-0.05, 0) is 36.5 Å². The monoisotopic (exact) mass is 430 g/mol. The first kappa shape index (κ1) is 18.7. The minimum Gasteiger partial charge on any atom is -0.467 e. The average Bonchev–Trinajstić information content (AvgIpc) is 3.33. The summed E-state index contributed by atoms with van der Waals surface area (Å²) in [5.41, 5.74) is 1.06. The summed E-state index contributed by atoms with van der Waals surface area (Å²) in [6.07, 6.45) is 1.55. The molecule has 0 bridgehead atoms. The van der Waals surface area contributed by atoms with Crippen LogP contribution in [0.15, 0.2) is 63.1 Å². The van der Waals surface area contributed by atoms with Crippen LogP contribution in [-0.2, 0) is 11.3 Å². The van der Waals surface area contributed by atoms with E-state index in [-0.39, 0.29) is 17.2 Å². The van der Waals surface area contributed by atoms with Crippen molar-refractivity contribution < 1.29 is 9.21 Å². The van der Waals surface area contributed by atoms with Gasteiger partial charge in [0.05, 0.1) is 18.6 Å². The molecule has 4 rings (SSSR count). The number of nitrogens with zero attached hydrogens (tertiary/aromatic N) is 2. The lowest BCUT2D eigenvalue weighted by Crippen LogP contribution is -2.24. The molecule has 0 saturated carbocycles. The van der Waals surface area contributed by atoms with E-state index in [2.05, 4.69) is 15.3 Å². The molecule has 0 unspecified atom stereocenters. The molecule has 142 valence electrons. The fourth-order valence-corrected chi connectivity index (χ4v) is 4.51. The Kier molecular flexibility index (Phi) is 5.42. The number of fused-ring (bicyclic) bond motifs is 1. The van der Waals surface area contributed by atoms with Crippen molar-refractivity contribution in [2.75, 3.05) is 5.75 Å². The predicted octanol–water partition coefficient (Wildman–Crippen LogP) is 3.51. The van der Waals surface area contributed by atoms with Crippen LogP contribution in [-0.4, -0.2) is 26.2 Å². The molecule has 4 aromatic rings. The van der Waals surface area contributed by atoms with Crippen LogP contribution in [0.2, 0.25) is 0 Å². The van der Waals surface area contributed by atoms with Gasteiger partial charge in [0.15, 0.2) is 14.8 Å². The van der Waals surface area contributed by atoms with Crippen LogP contribution in [0, 0.1) is 3.95 Å². The van der Waals surface area contributed by atoms with Crippen molar-refractivity contribution in [2.45, 2.75) is 11.7 Å². The van der Waals surface area contributed by atoms with Crippen molar-refractivity contribution in [1.82, 2.24) is 19.9 Å². The second-order valence-corrected chi connectivity index (χ2v) is 8.32. The maximum atomic E-state index is 12.5. The maximum absolute atomic E-state index is 12.5. The van der Waals surface area contributed by atoms with Gasteiger partial charge in [0, 0.05) is 5.69 Å². The maximum Gasteiger partial charge on any atom is 0.271 e. The van der Waals surface area contributed by atoms with Crippen molar-refractivity contribution in [3.8, 4) is 5.69 Å². The molecule has 28 heavy (non-hydrogen) atoms. The Bertz CT molecular complexity index is 1230. The van der Waals surface area contributed by atoms with Gasteiger partial charge >= 0.3 is 0 Å². The number of aromatic amines is 1. The van der Waals surface area contributed by atoms with Gasteiger partial charge in [-0.2, -0.15) is 0 Å². The molecule has 0 radical (unpaired) electrons. The number of thioether (sulfide) groups is 1. The van der Waals surface area contributed by atoms with Crippen LogP contribution in [0.3, 0.4) is 0 Å². The van der Waals surface area contributed by atoms with E-state index in [1.54, 1.807) is 23.0 Å². The molecule has 7 nitrogen and oxygen atoms in total. The molecule has 0 aliphatic heterocycles. The summed E-state index contributed by atoms with van der Waals surface area (Å²) in [5, 5.41) is 3.12. The molecule has 1 amide bonds.